The first-order valence-electron chi connectivity index (χ1n) is 5.37. The summed E-state index contributed by atoms with van der Waals surface area (Å²) >= 11 is 0. The van der Waals surface area contributed by atoms with E-state index in [0.717, 1.165) is 6.07 Å². The van der Waals surface area contributed by atoms with E-state index in [2.05, 4.69) is 14.7 Å². The summed E-state index contributed by atoms with van der Waals surface area (Å²) in [4.78, 5) is 39.6. The summed E-state index contributed by atoms with van der Waals surface area (Å²) in [6.07, 6.45) is 0. The van der Waals surface area contributed by atoms with E-state index in [1.807, 2.05) is 0 Å². The van der Waals surface area contributed by atoms with E-state index in [1.165, 1.54) is 19.2 Å². The molecule has 0 aliphatic carbocycles. The van der Waals surface area contributed by atoms with Gasteiger partial charge in [0.1, 0.15) is 5.69 Å². The normalized spacial score (nSPS) is 11.0. The highest BCUT2D eigenvalue weighted by Crippen LogP contribution is 2.17. The Kier molecular flexibility index (Phi) is 2.28. The number of fused-ring (bicyclic) bond motifs is 2. The second kappa shape index (κ2) is 3.84. The molecule has 7 nitrogen and oxygen atoms in total. The lowest BCUT2D eigenvalue weighted by Gasteiger charge is -2.02. The van der Waals surface area contributed by atoms with Crippen molar-refractivity contribution >= 4 is 28.0 Å². The Morgan fingerprint density at radius 3 is 2.68 bits per heavy atom. The average molecular weight is 260 g/mol. The van der Waals surface area contributed by atoms with Crippen LogP contribution in [0.15, 0.2) is 32.2 Å². The Balaban J connectivity index is 2.40. The molecular weight excluding hydrogens is 252 g/mol. The van der Waals surface area contributed by atoms with E-state index in [4.69, 9.17) is 4.42 Å². The zero-order chi connectivity index (χ0) is 13.6. The summed E-state index contributed by atoms with van der Waals surface area (Å²) in [7, 11) is 1.22. The Morgan fingerprint density at radius 1 is 1.16 bits per heavy atom. The lowest BCUT2D eigenvalue weighted by atomic mass is 10.1. The molecule has 0 radical (unpaired) electrons. The Labute approximate surface area is 104 Å². The van der Waals surface area contributed by atoms with Gasteiger partial charge < -0.3 is 14.1 Å². The Bertz CT molecular complexity index is 915. The molecular formula is C12H8N2O5. The minimum absolute atomic E-state index is 0.0391. The van der Waals surface area contributed by atoms with E-state index in [-0.39, 0.29) is 11.1 Å². The van der Waals surface area contributed by atoms with E-state index in [1.54, 1.807) is 0 Å². The Morgan fingerprint density at radius 2 is 1.95 bits per heavy atom. The Hall–Kier alpha value is -2.83. The number of hydrogen-bond acceptors (Lipinski definition) is 5. The van der Waals surface area contributed by atoms with Gasteiger partial charge in [0.15, 0.2) is 11.0 Å². The van der Waals surface area contributed by atoms with Crippen LogP contribution in [-0.4, -0.2) is 23.0 Å². The van der Waals surface area contributed by atoms with Gasteiger partial charge >= 0.3 is 11.7 Å². The largest absolute Gasteiger partial charge is 0.464 e. The van der Waals surface area contributed by atoms with Crippen molar-refractivity contribution < 1.29 is 13.9 Å². The van der Waals surface area contributed by atoms with Gasteiger partial charge in [-0.2, -0.15) is 0 Å². The molecule has 0 spiro atoms. The second-order valence-corrected chi connectivity index (χ2v) is 3.95. The summed E-state index contributed by atoms with van der Waals surface area (Å²) in [6, 6.07) is 4.13. The number of pyridine rings is 1. The molecule has 0 saturated heterocycles. The highest BCUT2D eigenvalue weighted by molar-refractivity contribution is 5.95. The fraction of sp³-hybridized carbons (Fsp3) is 0.0833. The second-order valence-electron chi connectivity index (χ2n) is 3.95. The molecule has 19 heavy (non-hydrogen) atoms. The van der Waals surface area contributed by atoms with Crippen LogP contribution in [0.3, 0.4) is 0 Å². The van der Waals surface area contributed by atoms with E-state index in [0.29, 0.717) is 22.0 Å². The van der Waals surface area contributed by atoms with Crippen LogP contribution < -0.4 is 11.2 Å². The number of benzene rings is 1. The fourth-order valence-electron chi connectivity index (χ4n) is 1.91. The molecule has 3 rings (SSSR count). The zero-order valence-corrected chi connectivity index (χ0v) is 9.77. The van der Waals surface area contributed by atoms with Crippen molar-refractivity contribution in [2.45, 2.75) is 0 Å². The van der Waals surface area contributed by atoms with Gasteiger partial charge in [0.05, 0.1) is 18.1 Å². The minimum Gasteiger partial charge on any atom is -0.464 e. The highest BCUT2D eigenvalue weighted by Gasteiger charge is 2.11. The standard InChI is InChI=1S/C12H8N2O5/c1-18-11(16)8-3-9(15)5-2-7-10(4-6(5)13-8)19-12(17)14-7/h2-4H,1H3,(H,13,15)(H,14,17). The van der Waals surface area contributed by atoms with Crippen LogP contribution >= 0.6 is 0 Å². The number of methoxy groups -OCH3 is 1. The summed E-state index contributed by atoms with van der Waals surface area (Å²) in [5.41, 5.74) is 0.808. The molecule has 0 amide bonds. The molecule has 0 aliphatic heterocycles. The van der Waals surface area contributed by atoms with Crippen molar-refractivity contribution in [3.63, 3.8) is 0 Å². The van der Waals surface area contributed by atoms with Gasteiger partial charge in [-0.15, -0.1) is 0 Å². The molecule has 3 aromatic rings. The maximum atomic E-state index is 11.9. The van der Waals surface area contributed by atoms with Crippen molar-refractivity contribution in [2.24, 2.45) is 0 Å². The van der Waals surface area contributed by atoms with Gasteiger partial charge in [-0.1, -0.05) is 0 Å². The summed E-state index contributed by atoms with van der Waals surface area (Å²) < 4.78 is 9.44. The van der Waals surface area contributed by atoms with Crippen LogP contribution in [0.1, 0.15) is 10.5 Å². The molecule has 0 atom stereocenters. The van der Waals surface area contributed by atoms with Gasteiger partial charge in [-0.05, 0) is 6.07 Å². The van der Waals surface area contributed by atoms with Crippen molar-refractivity contribution in [1.29, 1.82) is 0 Å². The average Bonchev–Trinajstić information content (AvgIpc) is 2.74. The first-order valence-corrected chi connectivity index (χ1v) is 5.37. The number of nitrogens with one attached hydrogen (secondary N) is 2. The lowest BCUT2D eigenvalue weighted by molar-refractivity contribution is 0.0594. The summed E-state index contributed by atoms with van der Waals surface area (Å²) in [5, 5.41) is 0.345. The maximum Gasteiger partial charge on any atom is 0.417 e. The molecule has 2 aromatic heterocycles. The van der Waals surface area contributed by atoms with Gasteiger partial charge in [-0.25, -0.2) is 9.59 Å². The third-order valence-corrected chi connectivity index (χ3v) is 2.77. The lowest BCUT2D eigenvalue weighted by Crippen LogP contribution is -2.11. The number of oxazole rings is 1. The molecule has 0 saturated carbocycles. The van der Waals surface area contributed by atoms with Gasteiger partial charge in [-0.3, -0.25) is 9.78 Å². The third-order valence-electron chi connectivity index (χ3n) is 2.77. The van der Waals surface area contributed by atoms with Gasteiger partial charge in [0.25, 0.3) is 0 Å². The number of rotatable bonds is 1. The number of carbonyl (C=O) groups excluding carboxylic acids is 1. The zero-order valence-electron chi connectivity index (χ0n) is 9.77. The number of hydrogen-bond donors (Lipinski definition) is 2. The maximum absolute atomic E-state index is 11.9. The van der Waals surface area contributed by atoms with Crippen molar-refractivity contribution in [2.75, 3.05) is 7.11 Å². The molecule has 0 aliphatic rings. The first-order chi connectivity index (χ1) is 9.08. The van der Waals surface area contributed by atoms with Crippen LogP contribution in [0.2, 0.25) is 0 Å². The van der Waals surface area contributed by atoms with Crippen LogP contribution in [0, 0.1) is 0 Å². The topological polar surface area (TPSA) is 105 Å². The molecule has 1 aromatic carbocycles. The molecule has 0 bridgehead atoms. The molecule has 2 heterocycles. The van der Waals surface area contributed by atoms with Crippen LogP contribution in [-0.2, 0) is 4.74 Å². The number of carbonyl (C=O) groups is 1. The smallest absolute Gasteiger partial charge is 0.417 e. The molecule has 7 heteroatoms. The molecule has 96 valence electrons. The molecule has 0 fully saturated rings. The number of aromatic nitrogens is 2. The first kappa shape index (κ1) is 11.3. The minimum atomic E-state index is -0.644. The molecule has 0 unspecified atom stereocenters. The predicted molar refractivity (Wildman–Crippen MR) is 66.3 cm³/mol. The third kappa shape index (κ3) is 1.71. The number of esters is 1. The van der Waals surface area contributed by atoms with Crippen molar-refractivity contribution in [1.82, 2.24) is 9.97 Å². The highest BCUT2D eigenvalue weighted by atomic mass is 16.5. The predicted octanol–water partition coefficient (Wildman–Crippen LogP) is 0.749. The van der Waals surface area contributed by atoms with E-state index >= 15 is 0 Å². The van der Waals surface area contributed by atoms with E-state index < -0.39 is 11.7 Å². The quantitative estimate of drug-likeness (QED) is 0.628. The van der Waals surface area contributed by atoms with Crippen molar-refractivity contribution in [3.05, 3.63) is 44.7 Å². The van der Waals surface area contributed by atoms with E-state index in [9.17, 15) is 14.4 Å². The molecule has 2 N–H and O–H groups in total. The summed E-state index contributed by atoms with van der Waals surface area (Å²) in [6.45, 7) is 0. The monoisotopic (exact) mass is 260 g/mol. The van der Waals surface area contributed by atoms with Crippen LogP contribution in [0.5, 0.6) is 0 Å². The SMILES string of the molecule is COC(=O)c1cc(=O)c2cc3[nH]c(=O)oc3cc2[nH]1. The van der Waals surface area contributed by atoms with Crippen LogP contribution in [0.4, 0.5) is 0 Å². The van der Waals surface area contributed by atoms with Gasteiger partial charge in [0, 0.05) is 17.5 Å². The van der Waals surface area contributed by atoms with Gasteiger partial charge in [0.2, 0.25) is 0 Å². The number of aromatic amines is 2. The number of ether oxygens (including phenoxy) is 1. The van der Waals surface area contributed by atoms with Crippen molar-refractivity contribution in [3.8, 4) is 0 Å². The van der Waals surface area contributed by atoms with Crippen LogP contribution in [0.25, 0.3) is 22.0 Å². The summed E-state index contributed by atoms with van der Waals surface area (Å²) in [5.74, 6) is -1.25. The number of H-pyrrole nitrogens is 2. The fourth-order valence-corrected chi connectivity index (χ4v) is 1.91.